The van der Waals surface area contributed by atoms with Crippen molar-refractivity contribution in [3.05, 3.63) is 29.8 Å². The number of fused-ring (bicyclic) bond motifs is 1. The van der Waals surface area contributed by atoms with Gasteiger partial charge >= 0.3 is 0 Å². The molecule has 1 fully saturated rings. The minimum atomic E-state index is -0.227. The van der Waals surface area contributed by atoms with E-state index in [4.69, 9.17) is 4.74 Å². The molecule has 2 aliphatic rings. The van der Waals surface area contributed by atoms with Gasteiger partial charge in [0, 0.05) is 0 Å². The van der Waals surface area contributed by atoms with Gasteiger partial charge in [0.15, 0.2) is 5.78 Å². The van der Waals surface area contributed by atoms with Crippen molar-refractivity contribution in [1.82, 2.24) is 0 Å². The second-order valence-electron chi connectivity index (χ2n) is 6.22. The summed E-state index contributed by atoms with van der Waals surface area (Å²) in [6.45, 7) is 4.52. The summed E-state index contributed by atoms with van der Waals surface area (Å²) in [5.41, 5.74) is 0.824. The first-order valence-electron chi connectivity index (χ1n) is 6.31. The Kier molecular flexibility index (Phi) is 2.13. The third-order valence-corrected chi connectivity index (χ3v) is 4.05. The van der Waals surface area contributed by atoms with Crippen LogP contribution in [-0.2, 0) is 0 Å². The van der Waals surface area contributed by atoms with E-state index in [1.807, 2.05) is 24.3 Å². The van der Waals surface area contributed by atoms with Gasteiger partial charge in [0.25, 0.3) is 0 Å². The maximum atomic E-state index is 12.2. The number of ether oxygens (including phenoxy) is 1. The lowest BCUT2D eigenvalue weighted by Gasteiger charge is -2.35. The summed E-state index contributed by atoms with van der Waals surface area (Å²) in [7, 11) is 0. The van der Waals surface area contributed by atoms with Crippen molar-refractivity contribution >= 4 is 5.78 Å². The molecule has 0 aromatic heterocycles. The number of ketones is 1. The number of benzene rings is 1. The number of carbonyl (C=O) groups is 1. The SMILES string of the molecule is CC1(C)CCC2(CC(=O)c3ccccc3O2)C1. The molecular weight excluding hydrogens is 212 g/mol. The van der Waals surface area contributed by atoms with Crippen LogP contribution in [0.15, 0.2) is 24.3 Å². The summed E-state index contributed by atoms with van der Waals surface area (Å²) < 4.78 is 6.17. The predicted molar refractivity (Wildman–Crippen MR) is 66.4 cm³/mol. The molecule has 1 aliphatic carbocycles. The molecule has 1 heterocycles. The molecule has 0 saturated heterocycles. The van der Waals surface area contributed by atoms with E-state index in [9.17, 15) is 4.79 Å². The molecule has 1 spiro atoms. The Balaban J connectivity index is 1.97. The number of carbonyl (C=O) groups excluding carboxylic acids is 1. The molecule has 0 N–H and O–H groups in total. The zero-order valence-corrected chi connectivity index (χ0v) is 10.5. The maximum absolute atomic E-state index is 12.2. The fourth-order valence-electron chi connectivity index (χ4n) is 3.30. The number of hydrogen-bond acceptors (Lipinski definition) is 2. The van der Waals surface area contributed by atoms with Gasteiger partial charge in [-0.15, -0.1) is 0 Å². The summed E-state index contributed by atoms with van der Waals surface area (Å²) in [5, 5.41) is 0. The zero-order valence-electron chi connectivity index (χ0n) is 10.5. The molecule has 0 radical (unpaired) electrons. The monoisotopic (exact) mass is 230 g/mol. The molecule has 1 aliphatic heterocycles. The first-order valence-corrected chi connectivity index (χ1v) is 6.31. The topological polar surface area (TPSA) is 26.3 Å². The van der Waals surface area contributed by atoms with Crippen molar-refractivity contribution in [2.75, 3.05) is 0 Å². The third kappa shape index (κ3) is 1.76. The van der Waals surface area contributed by atoms with Crippen molar-refractivity contribution in [3.63, 3.8) is 0 Å². The Morgan fingerprint density at radius 1 is 1.18 bits per heavy atom. The van der Waals surface area contributed by atoms with Crippen LogP contribution in [0.1, 0.15) is 49.9 Å². The molecule has 1 unspecified atom stereocenters. The van der Waals surface area contributed by atoms with Crippen LogP contribution in [0.5, 0.6) is 5.75 Å². The van der Waals surface area contributed by atoms with E-state index in [1.54, 1.807) is 0 Å². The van der Waals surface area contributed by atoms with Gasteiger partial charge in [0.05, 0.1) is 12.0 Å². The quantitative estimate of drug-likeness (QED) is 0.680. The van der Waals surface area contributed by atoms with Crippen LogP contribution in [0, 0.1) is 5.41 Å². The Labute approximate surface area is 102 Å². The van der Waals surface area contributed by atoms with Crippen LogP contribution in [0.4, 0.5) is 0 Å². The highest BCUT2D eigenvalue weighted by Gasteiger charge is 2.48. The van der Waals surface area contributed by atoms with Crippen molar-refractivity contribution in [2.45, 2.75) is 45.1 Å². The maximum Gasteiger partial charge on any atom is 0.170 e. The fraction of sp³-hybridized carbons (Fsp3) is 0.533. The van der Waals surface area contributed by atoms with Crippen molar-refractivity contribution in [3.8, 4) is 5.75 Å². The standard InChI is InChI=1S/C15H18O2/c1-14(2)7-8-15(10-14)9-12(16)11-5-3-4-6-13(11)17-15/h3-6H,7-10H2,1-2H3. The lowest BCUT2D eigenvalue weighted by atomic mass is 9.84. The molecule has 90 valence electrons. The van der Waals surface area contributed by atoms with E-state index in [0.717, 1.165) is 30.6 Å². The van der Waals surface area contributed by atoms with E-state index in [1.165, 1.54) is 0 Å². The van der Waals surface area contributed by atoms with Crippen LogP contribution in [0.25, 0.3) is 0 Å². The van der Waals surface area contributed by atoms with Crippen LogP contribution in [0.3, 0.4) is 0 Å². The van der Waals surface area contributed by atoms with Gasteiger partial charge in [0.2, 0.25) is 0 Å². The molecule has 1 saturated carbocycles. The summed E-state index contributed by atoms with van der Waals surface area (Å²) in [6.07, 6.45) is 3.68. The van der Waals surface area contributed by atoms with Crippen LogP contribution in [0.2, 0.25) is 0 Å². The molecule has 17 heavy (non-hydrogen) atoms. The van der Waals surface area contributed by atoms with Gasteiger partial charge in [-0.25, -0.2) is 0 Å². The molecule has 1 aromatic rings. The highest BCUT2D eigenvalue weighted by Crippen LogP contribution is 2.50. The van der Waals surface area contributed by atoms with Gasteiger partial charge in [-0.05, 0) is 36.8 Å². The Morgan fingerprint density at radius 3 is 2.65 bits per heavy atom. The summed E-state index contributed by atoms with van der Waals surface area (Å²) in [4.78, 5) is 12.2. The third-order valence-electron chi connectivity index (χ3n) is 4.05. The van der Waals surface area contributed by atoms with Gasteiger partial charge < -0.3 is 4.74 Å². The predicted octanol–water partition coefficient (Wildman–Crippen LogP) is 3.60. The van der Waals surface area contributed by atoms with Crippen LogP contribution >= 0.6 is 0 Å². The van der Waals surface area contributed by atoms with E-state index in [2.05, 4.69) is 13.8 Å². The number of rotatable bonds is 0. The molecule has 2 nitrogen and oxygen atoms in total. The number of hydrogen-bond donors (Lipinski definition) is 0. The van der Waals surface area contributed by atoms with Crippen molar-refractivity contribution in [1.29, 1.82) is 0 Å². The number of para-hydroxylation sites is 1. The molecule has 1 atom stereocenters. The van der Waals surface area contributed by atoms with Gasteiger partial charge in [-0.3, -0.25) is 4.79 Å². The second-order valence-corrected chi connectivity index (χ2v) is 6.22. The summed E-state index contributed by atoms with van der Waals surface area (Å²) >= 11 is 0. The van der Waals surface area contributed by atoms with E-state index < -0.39 is 0 Å². The van der Waals surface area contributed by atoms with Gasteiger partial charge in [-0.2, -0.15) is 0 Å². The second kappa shape index (κ2) is 3.34. The molecule has 3 rings (SSSR count). The molecule has 0 amide bonds. The van der Waals surface area contributed by atoms with Crippen LogP contribution in [-0.4, -0.2) is 11.4 Å². The molecule has 1 aromatic carbocycles. The molecular formula is C15H18O2. The smallest absolute Gasteiger partial charge is 0.170 e. The highest BCUT2D eigenvalue weighted by atomic mass is 16.5. The normalized spacial score (nSPS) is 30.1. The van der Waals surface area contributed by atoms with Crippen molar-refractivity contribution in [2.24, 2.45) is 5.41 Å². The first kappa shape index (κ1) is 10.8. The summed E-state index contributed by atoms with van der Waals surface area (Å²) in [6, 6.07) is 7.62. The lowest BCUT2D eigenvalue weighted by molar-refractivity contribution is 0.0386. The lowest BCUT2D eigenvalue weighted by Crippen LogP contribution is -2.40. The average Bonchev–Trinajstić information content (AvgIpc) is 2.54. The molecule has 0 bridgehead atoms. The summed E-state index contributed by atoms with van der Waals surface area (Å²) in [5.74, 6) is 1.02. The fourth-order valence-corrected chi connectivity index (χ4v) is 3.30. The minimum Gasteiger partial charge on any atom is -0.486 e. The Morgan fingerprint density at radius 2 is 1.94 bits per heavy atom. The van der Waals surface area contributed by atoms with E-state index in [0.29, 0.717) is 11.8 Å². The van der Waals surface area contributed by atoms with E-state index >= 15 is 0 Å². The zero-order chi connectivity index (χ0) is 12.1. The molecule has 2 heteroatoms. The van der Waals surface area contributed by atoms with E-state index in [-0.39, 0.29) is 11.4 Å². The highest BCUT2D eigenvalue weighted by molar-refractivity contribution is 6.00. The van der Waals surface area contributed by atoms with Crippen molar-refractivity contribution < 1.29 is 9.53 Å². The Hall–Kier alpha value is -1.31. The van der Waals surface area contributed by atoms with Crippen LogP contribution < -0.4 is 4.74 Å². The number of Topliss-reactive ketones (excluding diaryl/α,β-unsaturated/α-hetero) is 1. The van der Waals surface area contributed by atoms with Gasteiger partial charge in [0.1, 0.15) is 11.4 Å². The Bertz CT molecular complexity index is 476. The van der Waals surface area contributed by atoms with Gasteiger partial charge in [-0.1, -0.05) is 26.0 Å². The average molecular weight is 230 g/mol. The minimum absolute atomic E-state index is 0.227. The largest absolute Gasteiger partial charge is 0.486 e. The first-order chi connectivity index (χ1) is 8.00.